The maximum absolute atomic E-state index is 13.9. The van der Waals surface area contributed by atoms with E-state index in [1.165, 1.54) is 6.07 Å². The Kier molecular flexibility index (Phi) is 5.43. The fourth-order valence-corrected chi connectivity index (χ4v) is 4.00. The fraction of sp³-hybridized carbons (Fsp3) is 0.476. The summed E-state index contributed by atoms with van der Waals surface area (Å²) in [4.78, 5) is 22.0. The van der Waals surface area contributed by atoms with Gasteiger partial charge in [0.2, 0.25) is 5.95 Å². The van der Waals surface area contributed by atoms with Gasteiger partial charge in [-0.2, -0.15) is 9.97 Å². The van der Waals surface area contributed by atoms with Gasteiger partial charge < -0.3 is 29.4 Å². The number of aromatic nitrogens is 4. The van der Waals surface area contributed by atoms with Gasteiger partial charge in [-0.3, -0.25) is 0 Å². The molecule has 5 rings (SSSR count). The molecule has 0 bridgehead atoms. The van der Waals surface area contributed by atoms with Crippen molar-refractivity contribution in [3.05, 3.63) is 29.6 Å². The Hall–Kier alpha value is -2.82. The lowest BCUT2D eigenvalue weighted by molar-refractivity contribution is 0.0986. The summed E-state index contributed by atoms with van der Waals surface area (Å²) in [7, 11) is 0. The monoisotopic (exact) mass is 428 g/mol. The van der Waals surface area contributed by atoms with Crippen LogP contribution in [0.25, 0.3) is 22.6 Å². The molecule has 164 valence electrons. The summed E-state index contributed by atoms with van der Waals surface area (Å²) in [6.45, 7) is 6.40. The van der Waals surface area contributed by atoms with Crippen molar-refractivity contribution < 1.29 is 19.0 Å². The molecule has 2 fully saturated rings. The number of fused-ring (bicyclic) bond motifs is 1. The van der Waals surface area contributed by atoms with E-state index in [4.69, 9.17) is 24.4 Å². The van der Waals surface area contributed by atoms with E-state index in [0.717, 1.165) is 18.9 Å². The van der Waals surface area contributed by atoms with E-state index in [9.17, 15) is 9.50 Å². The number of aromatic amines is 1. The second-order valence-corrected chi connectivity index (χ2v) is 7.81. The molecule has 2 N–H and O–H groups in total. The number of anilines is 2. The Morgan fingerprint density at radius 2 is 1.94 bits per heavy atom. The van der Waals surface area contributed by atoms with Crippen LogP contribution in [-0.2, 0) is 16.1 Å². The average molecular weight is 428 g/mol. The van der Waals surface area contributed by atoms with E-state index < -0.39 is 5.82 Å². The lowest BCUT2D eigenvalue weighted by Gasteiger charge is -2.35. The second-order valence-electron chi connectivity index (χ2n) is 7.81. The molecule has 2 aromatic heterocycles. The van der Waals surface area contributed by atoms with Crippen LogP contribution in [0.4, 0.5) is 16.2 Å². The minimum atomic E-state index is -0.445. The zero-order valence-corrected chi connectivity index (χ0v) is 17.3. The highest BCUT2D eigenvalue weighted by Crippen LogP contribution is 2.31. The SMILES string of the molecule is C[C@H]1COCCN1c1nc(N2CCOCC2)nc2[nH]c(-c3ccc(F)c(CO)c3)nc12. The molecule has 0 amide bonds. The highest BCUT2D eigenvalue weighted by atomic mass is 19.1. The second kappa shape index (κ2) is 8.37. The van der Waals surface area contributed by atoms with E-state index in [2.05, 4.69) is 21.7 Å². The van der Waals surface area contributed by atoms with Crippen LogP contribution in [0.5, 0.6) is 0 Å². The van der Waals surface area contributed by atoms with Gasteiger partial charge in [0.25, 0.3) is 0 Å². The van der Waals surface area contributed by atoms with Crippen molar-refractivity contribution in [2.45, 2.75) is 19.6 Å². The summed E-state index contributed by atoms with van der Waals surface area (Å²) in [5, 5.41) is 9.43. The van der Waals surface area contributed by atoms with Gasteiger partial charge >= 0.3 is 0 Å². The topological polar surface area (TPSA) is 99.6 Å². The molecule has 1 aromatic carbocycles. The molecule has 4 heterocycles. The minimum absolute atomic E-state index is 0.149. The first kappa shape index (κ1) is 20.1. The van der Waals surface area contributed by atoms with Crippen LogP contribution in [-0.4, -0.2) is 77.1 Å². The lowest BCUT2D eigenvalue weighted by atomic mass is 10.1. The Morgan fingerprint density at radius 1 is 1.13 bits per heavy atom. The zero-order chi connectivity index (χ0) is 21.4. The molecule has 2 aliphatic heterocycles. The number of nitrogens with zero attached hydrogens (tertiary/aromatic N) is 5. The molecular formula is C21H25FN6O3. The molecule has 0 radical (unpaired) electrons. The van der Waals surface area contributed by atoms with Crippen LogP contribution in [0.1, 0.15) is 12.5 Å². The molecule has 9 nitrogen and oxygen atoms in total. The van der Waals surface area contributed by atoms with Crippen molar-refractivity contribution in [1.29, 1.82) is 0 Å². The molecule has 2 aliphatic rings. The van der Waals surface area contributed by atoms with E-state index in [1.54, 1.807) is 12.1 Å². The van der Waals surface area contributed by atoms with Gasteiger partial charge in [0.1, 0.15) is 11.6 Å². The van der Waals surface area contributed by atoms with Crippen LogP contribution in [0, 0.1) is 5.82 Å². The van der Waals surface area contributed by atoms with Crippen LogP contribution in [0.3, 0.4) is 0 Å². The first-order valence-electron chi connectivity index (χ1n) is 10.5. The molecule has 2 saturated heterocycles. The summed E-state index contributed by atoms with van der Waals surface area (Å²) in [6.07, 6.45) is 0. The molecule has 10 heteroatoms. The van der Waals surface area contributed by atoms with Crippen molar-refractivity contribution in [3.8, 4) is 11.4 Å². The first-order chi connectivity index (χ1) is 15.1. The average Bonchev–Trinajstić information content (AvgIpc) is 3.24. The van der Waals surface area contributed by atoms with Crippen molar-refractivity contribution >= 4 is 22.9 Å². The number of ether oxygens (including phenoxy) is 2. The van der Waals surface area contributed by atoms with E-state index >= 15 is 0 Å². The maximum atomic E-state index is 13.9. The molecule has 0 aliphatic carbocycles. The number of morpholine rings is 2. The fourth-order valence-electron chi connectivity index (χ4n) is 4.00. The number of hydrogen-bond donors (Lipinski definition) is 2. The van der Waals surface area contributed by atoms with Gasteiger partial charge in [0, 0.05) is 30.8 Å². The standard InChI is InChI=1S/C21H25FN6O3/c1-13-12-31-9-6-28(13)20-17-19(25-21(26-20)27-4-7-30-8-5-27)24-18(23-17)14-2-3-16(22)15(10-14)11-29/h2-3,10,13,29H,4-9,11-12H2,1H3,(H,23,24,25,26)/t13-/m0/s1. The molecule has 31 heavy (non-hydrogen) atoms. The number of hydrogen-bond acceptors (Lipinski definition) is 8. The summed E-state index contributed by atoms with van der Waals surface area (Å²) in [5.74, 6) is 1.50. The number of imidazole rings is 1. The molecular weight excluding hydrogens is 403 g/mol. The molecule has 0 unspecified atom stereocenters. The number of aliphatic hydroxyl groups is 1. The summed E-state index contributed by atoms with van der Waals surface area (Å²) in [6, 6.07) is 4.72. The smallest absolute Gasteiger partial charge is 0.229 e. The highest BCUT2D eigenvalue weighted by molar-refractivity contribution is 5.87. The van der Waals surface area contributed by atoms with Gasteiger partial charge in [0.05, 0.1) is 39.1 Å². The van der Waals surface area contributed by atoms with Crippen molar-refractivity contribution in [2.75, 3.05) is 55.9 Å². The Morgan fingerprint density at radius 3 is 2.71 bits per heavy atom. The summed E-state index contributed by atoms with van der Waals surface area (Å²) < 4.78 is 24.9. The lowest BCUT2D eigenvalue weighted by Crippen LogP contribution is -2.44. The first-order valence-corrected chi connectivity index (χ1v) is 10.5. The molecule has 0 saturated carbocycles. The van der Waals surface area contributed by atoms with Gasteiger partial charge in [0.15, 0.2) is 17.0 Å². The summed E-state index contributed by atoms with van der Waals surface area (Å²) >= 11 is 0. The number of H-pyrrole nitrogens is 1. The van der Waals surface area contributed by atoms with Gasteiger partial charge in [-0.05, 0) is 25.1 Å². The van der Waals surface area contributed by atoms with E-state index in [1.807, 2.05) is 0 Å². The van der Waals surface area contributed by atoms with Gasteiger partial charge in [-0.15, -0.1) is 0 Å². The van der Waals surface area contributed by atoms with E-state index in [0.29, 0.717) is 61.5 Å². The molecule has 0 spiro atoms. The van der Waals surface area contributed by atoms with Crippen LogP contribution < -0.4 is 9.80 Å². The van der Waals surface area contributed by atoms with Crippen LogP contribution in [0.15, 0.2) is 18.2 Å². The maximum Gasteiger partial charge on any atom is 0.229 e. The summed E-state index contributed by atoms with van der Waals surface area (Å²) in [5.41, 5.74) is 2.18. The predicted molar refractivity (Wildman–Crippen MR) is 114 cm³/mol. The number of benzene rings is 1. The third-order valence-corrected chi connectivity index (χ3v) is 5.74. The van der Waals surface area contributed by atoms with Crippen molar-refractivity contribution in [1.82, 2.24) is 19.9 Å². The van der Waals surface area contributed by atoms with Gasteiger partial charge in [-0.25, -0.2) is 9.37 Å². The third-order valence-electron chi connectivity index (χ3n) is 5.74. The van der Waals surface area contributed by atoms with Crippen molar-refractivity contribution in [3.63, 3.8) is 0 Å². The highest BCUT2D eigenvalue weighted by Gasteiger charge is 2.27. The Bertz CT molecular complexity index is 1080. The molecule has 1 atom stereocenters. The van der Waals surface area contributed by atoms with Crippen molar-refractivity contribution in [2.24, 2.45) is 0 Å². The number of rotatable bonds is 4. The zero-order valence-electron chi connectivity index (χ0n) is 17.3. The van der Waals surface area contributed by atoms with Crippen LogP contribution >= 0.6 is 0 Å². The predicted octanol–water partition coefficient (Wildman–Crippen LogP) is 1.71. The quantitative estimate of drug-likeness (QED) is 0.648. The van der Waals surface area contributed by atoms with Crippen LogP contribution in [0.2, 0.25) is 0 Å². The Labute approximate surface area is 178 Å². The normalized spacial score (nSPS) is 19.9. The minimum Gasteiger partial charge on any atom is -0.392 e. The number of aliphatic hydroxyl groups excluding tert-OH is 1. The third kappa shape index (κ3) is 3.82. The van der Waals surface area contributed by atoms with E-state index in [-0.39, 0.29) is 18.2 Å². The number of nitrogens with one attached hydrogen (secondary N) is 1. The number of halogens is 1. The Balaban J connectivity index is 1.63. The largest absolute Gasteiger partial charge is 0.392 e. The van der Waals surface area contributed by atoms with Gasteiger partial charge in [-0.1, -0.05) is 0 Å². The molecule has 3 aromatic rings.